The summed E-state index contributed by atoms with van der Waals surface area (Å²) in [5, 5.41) is 20.1. The molecular formula is C9H24N2O2. The molecule has 0 spiro atoms. The van der Waals surface area contributed by atoms with E-state index in [0.717, 1.165) is 0 Å². The average molecular weight is 192 g/mol. The van der Waals surface area contributed by atoms with E-state index < -0.39 is 6.10 Å². The van der Waals surface area contributed by atoms with Gasteiger partial charge in [0.05, 0.1) is 12.7 Å². The summed E-state index contributed by atoms with van der Waals surface area (Å²) in [6.45, 7) is 8.17. The smallest absolute Gasteiger partial charge is 0.0895 e. The van der Waals surface area contributed by atoms with E-state index in [4.69, 9.17) is 15.9 Å². The van der Waals surface area contributed by atoms with Crippen molar-refractivity contribution in [2.45, 2.75) is 45.9 Å². The van der Waals surface area contributed by atoms with E-state index in [1.165, 1.54) is 0 Å². The third-order valence-corrected chi connectivity index (χ3v) is 0.972. The fraction of sp³-hybridized carbons (Fsp3) is 1.00. The maximum absolute atomic E-state index is 8.79. The average Bonchev–Trinajstić information content (AvgIpc) is 1.99. The number of aliphatic hydroxyl groups is 2. The minimum Gasteiger partial charge on any atom is -0.394 e. The van der Waals surface area contributed by atoms with Gasteiger partial charge >= 0.3 is 0 Å². The first-order valence-electron chi connectivity index (χ1n) is 4.68. The van der Waals surface area contributed by atoms with Crippen molar-refractivity contribution in [1.29, 1.82) is 0 Å². The highest BCUT2D eigenvalue weighted by Crippen LogP contribution is 1.80. The second-order valence-corrected chi connectivity index (χ2v) is 3.64. The summed E-state index contributed by atoms with van der Waals surface area (Å²) in [7, 11) is 0. The molecule has 0 saturated carbocycles. The van der Waals surface area contributed by atoms with Gasteiger partial charge in [0.25, 0.3) is 0 Å². The topological polar surface area (TPSA) is 78.5 Å². The number of hydrogen-bond donors (Lipinski definition) is 4. The lowest BCUT2D eigenvalue weighted by Gasteiger charge is -2.10. The molecule has 0 aliphatic carbocycles. The lowest BCUT2D eigenvalue weighted by atomic mass is 10.3. The molecule has 0 amide bonds. The number of hydrogen-bond acceptors (Lipinski definition) is 4. The van der Waals surface area contributed by atoms with Crippen molar-refractivity contribution in [3.63, 3.8) is 0 Å². The summed E-state index contributed by atoms with van der Waals surface area (Å²) in [6.07, 6.45) is -0.618. The van der Waals surface area contributed by atoms with Gasteiger partial charge in [0.15, 0.2) is 0 Å². The second kappa shape index (κ2) is 9.92. The summed E-state index contributed by atoms with van der Waals surface area (Å²) < 4.78 is 0. The van der Waals surface area contributed by atoms with Crippen LogP contribution in [0.4, 0.5) is 0 Å². The lowest BCUT2D eigenvalue weighted by Crippen LogP contribution is -2.33. The molecule has 0 aromatic heterocycles. The third kappa shape index (κ3) is 24.5. The van der Waals surface area contributed by atoms with Crippen LogP contribution in [0.2, 0.25) is 0 Å². The molecule has 0 bridgehead atoms. The zero-order valence-electron chi connectivity index (χ0n) is 9.12. The molecule has 0 aliphatic heterocycles. The summed E-state index contributed by atoms with van der Waals surface area (Å²) in [5.74, 6) is 0. The van der Waals surface area contributed by atoms with Crippen LogP contribution >= 0.6 is 0 Å². The van der Waals surface area contributed by atoms with Crippen molar-refractivity contribution in [3.8, 4) is 0 Å². The number of nitrogens with two attached hydrogens (primary N) is 1. The summed E-state index contributed by atoms with van der Waals surface area (Å²) >= 11 is 0. The first kappa shape index (κ1) is 15.3. The van der Waals surface area contributed by atoms with E-state index in [0.29, 0.717) is 18.6 Å². The predicted octanol–water partition coefficient (Wildman–Crippen LogP) is -0.309. The Kier molecular flexibility index (Phi) is 11.7. The van der Waals surface area contributed by atoms with Gasteiger partial charge < -0.3 is 21.3 Å². The largest absolute Gasteiger partial charge is 0.394 e. The Hall–Kier alpha value is -0.160. The van der Waals surface area contributed by atoms with E-state index in [1.807, 2.05) is 27.7 Å². The van der Waals surface area contributed by atoms with Crippen molar-refractivity contribution in [3.05, 3.63) is 0 Å². The molecule has 0 aromatic carbocycles. The van der Waals surface area contributed by atoms with Crippen LogP contribution in [0.5, 0.6) is 0 Å². The standard InChI is InChI=1S/C6H15NO2.C3H9N/c1-5(2)7-3-6(9)4-8;1-3(2)4/h5-9H,3-4H2,1-2H3;3H,4H2,1-2H3. The second-order valence-electron chi connectivity index (χ2n) is 3.64. The van der Waals surface area contributed by atoms with E-state index in [-0.39, 0.29) is 6.61 Å². The van der Waals surface area contributed by atoms with Crippen LogP contribution in [0.1, 0.15) is 27.7 Å². The minimum atomic E-state index is -0.618. The Balaban J connectivity index is 0. The van der Waals surface area contributed by atoms with E-state index >= 15 is 0 Å². The Labute approximate surface area is 81.1 Å². The molecule has 5 N–H and O–H groups in total. The van der Waals surface area contributed by atoms with Gasteiger partial charge in [-0.3, -0.25) is 0 Å². The maximum Gasteiger partial charge on any atom is 0.0895 e. The van der Waals surface area contributed by atoms with Gasteiger partial charge in [-0.25, -0.2) is 0 Å². The normalized spacial score (nSPS) is 12.7. The summed E-state index contributed by atoms with van der Waals surface area (Å²) in [4.78, 5) is 0. The Morgan fingerprint density at radius 2 is 1.62 bits per heavy atom. The zero-order valence-corrected chi connectivity index (χ0v) is 9.12. The highest BCUT2D eigenvalue weighted by atomic mass is 16.3. The van der Waals surface area contributed by atoms with Crippen LogP contribution in [0.25, 0.3) is 0 Å². The molecule has 0 fully saturated rings. The molecule has 1 unspecified atom stereocenters. The number of nitrogens with one attached hydrogen (secondary N) is 1. The van der Waals surface area contributed by atoms with Gasteiger partial charge in [-0.15, -0.1) is 0 Å². The van der Waals surface area contributed by atoms with Gasteiger partial charge in [0, 0.05) is 12.6 Å². The fourth-order valence-electron chi connectivity index (χ4n) is 0.436. The van der Waals surface area contributed by atoms with Gasteiger partial charge in [0.2, 0.25) is 0 Å². The highest BCUT2D eigenvalue weighted by Gasteiger charge is 2.00. The molecule has 0 rings (SSSR count). The van der Waals surface area contributed by atoms with Crippen LogP contribution < -0.4 is 11.1 Å². The Morgan fingerprint density at radius 3 is 1.85 bits per heavy atom. The molecular weight excluding hydrogens is 168 g/mol. The van der Waals surface area contributed by atoms with Crippen LogP contribution in [0, 0.1) is 0 Å². The molecule has 4 heteroatoms. The predicted molar refractivity (Wildman–Crippen MR) is 55.6 cm³/mol. The Bertz CT molecular complexity index is 94.9. The maximum atomic E-state index is 8.79. The van der Waals surface area contributed by atoms with Crippen LogP contribution in [0.15, 0.2) is 0 Å². The molecule has 4 nitrogen and oxygen atoms in total. The lowest BCUT2D eigenvalue weighted by molar-refractivity contribution is 0.0928. The molecule has 0 aliphatic rings. The van der Waals surface area contributed by atoms with Gasteiger partial charge in [-0.1, -0.05) is 27.7 Å². The van der Waals surface area contributed by atoms with E-state index in [2.05, 4.69) is 5.32 Å². The van der Waals surface area contributed by atoms with Gasteiger partial charge in [-0.05, 0) is 6.04 Å². The molecule has 0 aromatic rings. The number of rotatable bonds is 4. The number of aliphatic hydroxyl groups excluding tert-OH is 2. The van der Waals surface area contributed by atoms with E-state index in [9.17, 15) is 0 Å². The summed E-state index contributed by atoms with van der Waals surface area (Å²) in [6, 6.07) is 0.700. The van der Waals surface area contributed by atoms with Crippen LogP contribution in [0.3, 0.4) is 0 Å². The Morgan fingerprint density at radius 1 is 1.23 bits per heavy atom. The molecule has 82 valence electrons. The fourth-order valence-corrected chi connectivity index (χ4v) is 0.436. The zero-order chi connectivity index (χ0) is 10.9. The molecule has 0 heterocycles. The highest BCUT2D eigenvalue weighted by molar-refractivity contribution is 4.59. The van der Waals surface area contributed by atoms with Crippen molar-refractivity contribution in [2.24, 2.45) is 5.73 Å². The van der Waals surface area contributed by atoms with Crippen molar-refractivity contribution in [2.75, 3.05) is 13.2 Å². The van der Waals surface area contributed by atoms with Crippen molar-refractivity contribution < 1.29 is 10.2 Å². The molecule has 0 radical (unpaired) electrons. The van der Waals surface area contributed by atoms with Gasteiger partial charge in [-0.2, -0.15) is 0 Å². The van der Waals surface area contributed by atoms with Crippen LogP contribution in [-0.4, -0.2) is 41.6 Å². The van der Waals surface area contributed by atoms with Crippen molar-refractivity contribution in [1.82, 2.24) is 5.32 Å². The summed E-state index contributed by atoms with van der Waals surface area (Å²) in [5.41, 5.74) is 5.11. The monoisotopic (exact) mass is 192 g/mol. The van der Waals surface area contributed by atoms with Gasteiger partial charge in [0.1, 0.15) is 0 Å². The molecule has 0 saturated heterocycles. The van der Waals surface area contributed by atoms with Crippen molar-refractivity contribution >= 4 is 0 Å². The quantitative estimate of drug-likeness (QED) is 0.493. The third-order valence-electron chi connectivity index (χ3n) is 0.972. The minimum absolute atomic E-state index is 0.167. The first-order valence-corrected chi connectivity index (χ1v) is 4.68. The van der Waals surface area contributed by atoms with E-state index in [1.54, 1.807) is 0 Å². The molecule has 1 atom stereocenters. The molecule has 13 heavy (non-hydrogen) atoms. The SMILES string of the molecule is CC(C)N.CC(C)NCC(O)CO. The first-order chi connectivity index (χ1) is 5.90. The van der Waals surface area contributed by atoms with Crippen LogP contribution in [-0.2, 0) is 0 Å².